The molecule has 0 aliphatic carbocycles. The highest BCUT2D eigenvalue weighted by Gasteiger charge is 1.88. The minimum atomic E-state index is 0.878. The Morgan fingerprint density at radius 3 is 2.93 bits per heavy atom. The molecule has 1 aromatic rings. The second-order valence-corrected chi connectivity index (χ2v) is 3.86. The van der Waals surface area contributed by atoms with Crippen LogP contribution in [0.4, 0.5) is 0 Å². The van der Waals surface area contributed by atoms with Crippen LogP contribution in [0.5, 0.6) is 0 Å². The van der Waals surface area contributed by atoms with Gasteiger partial charge < -0.3 is 0 Å². The molecule has 0 saturated heterocycles. The van der Waals surface area contributed by atoms with Crippen LogP contribution in [-0.2, 0) is 0 Å². The SMILES string of the molecule is C=N/C(C)=C\C(C#Cc1cccs1)=C/C. The Morgan fingerprint density at radius 2 is 2.40 bits per heavy atom. The third-order valence-electron chi connectivity index (χ3n) is 1.78. The standard InChI is InChI=1S/C13H13NS/c1-4-12(10-11(2)14-3)7-8-13-6-5-9-15-13/h4-6,9-10H,3H2,1-2H3/b11-10-,12-4-. The van der Waals surface area contributed by atoms with E-state index in [-0.39, 0.29) is 0 Å². The summed E-state index contributed by atoms with van der Waals surface area (Å²) >= 11 is 1.64. The van der Waals surface area contributed by atoms with Gasteiger partial charge in [0.15, 0.2) is 0 Å². The molecule has 0 aliphatic heterocycles. The van der Waals surface area contributed by atoms with E-state index in [2.05, 4.69) is 23.6 Å². The van der Waals surface area contributed by atoms with Gasteiger partial charge in [0.1, 0.15) is 0 Å². The molecular formula is C13H13NS. The summed E-state index contributed by atoms with van der Waals surface area (Å²) in [4.78, 5) is 4.90. The molecule has 1 aromatic heterocycles. The Morgan fingerprint density at radius 1 is 1.60 bits per heavy atom. The van der Waals surface area contributed by atoms with Crippen LogP contribution in [0.1, 0.15) is 18.7 Å². The van der Waals surface area contributed by atoms with Crippen molar-refractivity contribution < 1.29 is 0 Å². The maximum Gasteiger partial charge on any atom is 0.0772 e. The minimum Gasteiger partial charge on any atom is -0.269 e. The van der Waals surface area contributed by atoms with Gasteiger partial charge >= 0.3 is 0 Å². The molecule has 0 amide bonds. The van der Waals surface area contributed by atoms with E-state index in [0.29, 0.717) is 0 Å². The molecule has 0 aliphatic rings. The summed E-state index contributed by atoms with van der Waals surface area (Å²) in [5.41, 5.74) is 1.84. The van der Waals surface area contributed by atoms with Crippen molar-refractivity contribution in [2.45, 2.75) is 13.8 Å². The summed E-state index contributed by atoms with van der Waals surface area (Å²) in [6, 6.07) is 4.00. The van der Waals surface area contributed by atoms with Crippen LogP contribution in [-0.4, -0.2) is 6.72 Å². The van der Waals surface area contributed by atoms with Crippen molar-refractivity contribution in [1.29, 1.82) is 0 Å². The molecule has 0 aromatic carbocycles. The molecule has 0 fully saturated rings. The van der Waals surface area contributed by atoms with Crippen LogP contribution in [0.2, 0.25) is 0 Å². The molecule has 2 heteroatoms. The molecule has 0 saturated carbocycles. The molecule has 0 spiro atoms. The average molecular weight is 215 g/mol. The summed E-state index contributed by atoms with van der Waals surface area (Å²) in [5.74, 6) is 6.19. The van der Waals surface area contributed by atoms with E-state index in [4.69, 9.17) is 0 Å². The Bertz CT molecular complexity index is 439. The average Bonchev–Trinajstić information content (AvgIpc) is 2.76. The van der Waals surface area contributed by atoms with Crippen molar-refractivity contribution >= 4 is 18.1 Å². The lowest BCUT2D eigenvalue weighted by molar-refractivity contribution is 1.32. The quantitative estimate of drug-likeness (QED) is 0.405. The van der Waals surface area contributed by atoms with Gasteiger partial charge in [-0.15, -0.1) is 11.3 Å². The Kier molecular flexibility index (Phi) is 4.59. The van der Waals surface area contributed by atoms with Gasteiger partial charge in [0.05, 0.1) is 4.88 Å². The first-order valence-electron chi connectivity index (χ1n) is 4.63. The number of rotatable bonds is 2. The predicted octanol–water partition coefficient (Wildman–Crippen LogP) is 3.65. The van der Waals surface area contributed by atoms with Crippen LogP contribution < -0.4 is 0 Å². The number of hydrogen-bond donors (Lipinski definition) is 0. The second kappa shape index (κ2) is 6.00. The molecular weight excluding hydrogens is 202 g/mol. The van der Waals surface area contributed by atoms with E-state index < -0.39 is 0 Å². The largest absolute Gasteiger partial charge is 0.269 e. The lowest BCUT2D eigenvalue weighted by atomic mass is 10.2. The first kappa shape index (κ1) is 11.5. The van der Waals surface area contributed by atoms with Crippen LogP contribution in [0.3, 0.4) is 0 Å². The zero-order chi connectivity index (χ0) is 11.1. The summed E-state index contributed by atoms with van der Waals surface area (Å²) in [7, 11) is 0. The van der Waals surface area contributed by atoms with Crippen LogP contribution in [0.15, 0.2) is 45.9 Å². The van der Waals surface area contributed by atoms with Crippen molar-refractivity contribution in [2.75, 3.05) is 0 Å². The minimum absolute atomic E-state index is 0.878. The zero-order valence-electron chi connectivity index (χ0n) is 8.95. The van der Waals surface area contributed by atoms with Crippen molar-refractivity contribution in [3.63, 3.8) is 0 Å². The molecule has 1 rings (SSSR count). The topological polar surface area (TPSA) is 12.4 Å². The van der Waals surface area contributed by atoms with Gasteiger partial charge in [0, 0.05) is 11.3 Å². The Labute approximate surface area is 94.9 Å². The van der Waals surface area contributed by atoms with Crippen LogP contribution in [0, 0.1) is 11.8 Å². The van der Waals surface area contributed by atoms with Gasteiger partial charge in [-0.2, -0.15) is 0 Å². The second-order valence-electron chi connectivity index (χ2n) is 2.92. The lowest BCUT2D eigenvalue weighted by Gasteiger charge is -1.90. The summed E-state index contributed by atoms with van der Waals surface area (Å²) in [5, 5.41) is 2.02. The Hall–Kier alpha value is -1.59. The third kappa shape index (κ3) is 3.97. The molecule has 1 nitrogen and oxygen atoms in total. The number of hydrogen-bond acceptors (Lipinski definition) is 2. The molecule has 0 unspecified atom stereocenters. The van der Waals surface area contributed by atoms with E-state index in [9.17, 15) is 0 Å². The van der Waals surface area contributed by atoms with E-state index in [1.807, 2.05) is 43.5 Å². The lowest BCUT2D eigenvalue weighted by Crippen LogP contribution is -1.75. The summed E-state index contributed by atoms with van der Waals surface area (Å²) in [6.07, 6.45) is 3.89. The number of allylic oxidation sites excluding steroid dienone is 4. The molecule has 1 heterocycles. The highest BCUT2D eigenvalue weighted by atomic mass is 32.1. The van der Waals surface area contributed by atoms with Crippen LogP contribution in [0.25, 0.3) is 0 Å². The molecule has 0 N–H and O–H groups in total. The molecule has 0 atom stereocenters. The molecule has 0 radical (unpaired) electrons. The van der Waals surface area contributed by atoms with Gasteiger partial charge in [-0.3, -0.25) is 4.99 Å². The molecule has 15 heavy (non-hydrogen) atoms. The van der Waals surface area contributed by atoms with E-state index in [1.165, 1.54) is 0 Å². The molecule has 76 valence electrons. The van der Waals surface area contributed by atoms with Crippen LogP contribution >= 0.6 is 11.3 Å². The highest BCUT2D eigenvalue weighted by Crippen LogP contribution is 2.07. The maximum atomic E-state index is 3.83. The van der Waals surface area contributed by atoms with E-state index in [0.717, 1.165) is 16.1 Å². The number of nitrogens with zero attached hydrogens (tertiary/aromatic N) is 1. The fourth-order valence-corrected chi connectivity index (χ4v) is 1.52. The summed E-state index contributed by atoms with van der Waals surface area (Å²) < 4.78 is 0. The predicted molar refractivity (Wildman–Crippen MR) is 68.3 cm³/mol. The normalized spacial score (nSPS) is 11.9. The summed E-state index contributed by atoms with van der Waals surface area (Å²) in [6.45, 7) is 7.34. The van der Waals surface area contributed by atoms with Gasteiger partial charge in [0.2, 0.25) is 0 Å². The van der Waals surface area contributed by atoms with E-state index in [1.54, 1.807) is 11.3 Å². The van der Waals surface area contributed by atoms with Gasteiger partial charge in [-0.25, -0.2) is 0 Å². The first-order chi connectivity index (χ1) is 7.26. The van der Waals surface area contributed by atoms with Gasteiger partial charge in [0.25, 0.3) is 0 Å². The Balaban J connectivity index is 2.84. The third-order valence-corrected chi connectivity index (χ3v) is 2.56. The zero-order valence-corrected chi connectivity index (χ0v) is 9.77. The van der Waals surface area contributed by atoms with Crippen molar-refractivity contribution in [2.24, 2.45) is 4.99 Å². The van der Waals surface area contributed by atoms with Crippen molar-refractivity contribution in [3.05, 3.63) is 45.8 Å². The smallest absolute Gasteiger partial charge is 0.0772 e. The number of thiophene rings is 1. The number of aliphatic imine (C=N–C) groups is 1. The maximum absolute atomic E-state index is 3.83. The van der Waals surface area contributed by atoms with Crippen molar-refractivity contribution in [1.82, 2.24) is 0 Å². The first-order valence-corrected chi connectivity index (χ1v) is 5.51. The monoisotopic (exact) mass is 215 g/mol. The molecule has 0 bridgehead atoms. The fourth-order valence-electron chi connectivity index (χ4n) is 0.946. The fraction of sp³-hybridized carbons (Fsp3) is 0.154. The van der Waals surface area contributed by atoms with Crippen molar-refractivity contribution in [3.8, 4) is 11.8 Å². The van der Waals surface area contributed by atoms with Gasteiger partial charge in [-0.05, 0) is 38.1 Å². The van der Waals surface area contributed by atoms with Gasteiger partial charge in [-0.1, -0.05) is 24.0 Å². The van der Waals surface area contributed by atoms with E-state index >= 15 is 0 Å². The highest BCUT2D eigenvalue weighted by molar-refractivity contribution is 7.10.